The summed E-state index contributed by atoms with van der Waals surface area (Å²) >= 11 is 0. The number of carbonyl (C=O) groups is 1. The van der Waals surface area contributed by atoms with Crippen LogP contribution >= 0.6 is 0 Å². The van der Waals surface area contributed by atoms with Crippen LogP contribution in [0.3, 0.4) is 0 Å². The third kappa shape index (κ3) is 4.25. The van der Waals surface area contributed by atoms with E-state index in [2.05, 4.69) is 24.1 Å². The van der Waals surface area contributed by atoms with Crippen molar-refractivity contribution in [3.8, 4) is 5.75 Å². The van der Waals surface area contributed by atoms with Crippen molar-refractivity contribution >= 4 is 16.9 Å². The van der Waals surface area contributed by atoms with Crippen molar-refractivity contribution in [2.75, 3.05) is 6.61 Å². The third-order valence-corrected chi connectivity index (χ3v) is 4.46. The summed E-state index contributed by atoms with van der Waals surface area (Å²) in [6, 6.07) is 13.2. The summed E-state index contributed by atoms with van der Waals surface area (Å²) in [5.74, 6) is 0.659. The predicted molar refractivity (Wildman–Crippen MR) is 107 cm³/mol. The van der Waals surface area contributed by atoms with Gasteiger partial charge in [-0.3, -0.25) is 4.79 Å². The lowest BCUT2D eigenvalue weighted by Crippen LogP contribution is -2.23. The topological polar surface area (TPSA) is 64.1 Å². The van der Waals surface area contributed by atoms with Crippen LogP contribution in [-0.2, 0) is 19.4 Å². The number of hydrogen-bond acceptors (Lipinski definition) is 4. The minimum absolute atomic E-state index is 0.136. The summed E-state index contributed by atoms with van der Waals surface area (Å²) in [6.07, 6.45) is 1.68. The first kappa shape index (κ1) is 18.8. The van der Waals surface area contributed by atoms with E-state index >= 15 is 0 Å². The van der Waals surface area contributed by atoms with E-state index in [-0.39, 0.29) is 5.91 Å². The van der Waals surface area contributed by atoms with Crippen molar-refractivity contribution in [1.29, 1.82) is 0 Å². The molecule has 0 atom stereocenters. The Kier molecular flexibility index (Phi) is 6.01. The number of hydrogen-bond donors (Lipinski definition) is 1. The minimum atomic E-state index is -0.136. The van der Waals surface area contributed by atoms with Gasteiger partial charge in [-0.05, 0) is 44.0 Å². The summed E-state index contributed by atoms with van der Waals surface area (Å²) in [5, 5.41) is 2.96. The third-order valence-electron chi connectivity index (χ3n) is 4.46. The van der Waals surface area contributed by atoms with E-state index in [4.69, 9.17) is 9.72 Å². The predicted octanol–water partition coefficient (Wildman–Crippen LogP) is 4.08. The molecule has 1 heterocycles. The van der Waals surface area contributed by atoms with Gasteiger partial charge in [-0.25, -0.2) is 9.97 Å². The van der Waals surface area contributed by atoms with Crippen LogP contribution in [0.1, 0.15) is 48.1 Å². The maximum Gasteiger partial charge on any atom is 0.251 e. The first-order valence-corrected chi connectivity index (χ1v) is 9.44. The number of rotatable bonds is 7. The number of fused-ring (bicyclic) bond motifs is 1. The molecule has 3 aromatic rings. The molecule has 27 heavy (non-hydrogen) atoms. The van der Waals surface area contributed by atoms with Crippen molar-refractivity contribution in [1.82, 2.24) is 15.3 Å². The van der Waals surface area contributed by atoms with E-state index in [1.165, 1.54) is 0 Å². The zero-order valence-corrected chi connectivity index (χ0v) is 16.1. The lowest BCUT2D eigenvalue weighted by molar-refractivity contribution is 0.0950. The molecule has 140 valence electrons. The van der Waals surface area contributed by atoms with E-state index in [1.54, 1.807) is 6.07 Å². The van der Waals surface area contributed by atoms with Crippen molar-refractivity contribution in [2.24, 2.45) is 0 Å². The fraction of sp³-hybridized carbons (Fsp3) is 0.318. The van der Waals surface area contributed by atoms with Gasteiger partial charge in [0.2, 0.25) is 0 Å². The van der Waals surface area contributed by atoms with E-state index < -0.39 is 0 Å². The molecular weight excluding hydrogens is 338 g/mol. The van der Waals surface area contributed by atoms with Crippen molar-refractivity contribution in [2.45, 2.75) is 40.2 Å². The number of nitrogens with one attached hydrogen (secondary N) is 1. The quantitative estimate of drug-likeness (QED) is 0.687. The Morgan fingerprint density at radius 3 is 2.37 bits per heavy atom. The normalized spacial score (nSPS) is 10.8. The molecule has 0 bridgehead atoms. The van der Waals surface area contributed by atoms with Gasteiger partial charge in [0.05, 0.1) is 29.0 Å². The van der Waals surface area contributed by atoms with Gasteiger partial charge in [-0.1, -0.05) is 32.0 Å². The molecule has 1 amide bonds. The lowest BCUT2D eigenvalue weighted by atomic mass is 10.1. The van der Waals surface area contributed by atoms with Gasteiger partial charge in [-0.2, -0.15) is 0 Å². The number of aryl methyl sites for hydroxylation is 2. The molecule has 5 nitrogen and oxygen atoms in total. The van der Waals surface area contributed by atoms with Crippen molar-refractivity contribution in [3.05, 3.63) is 65.0 Å². The number of nitrogens with zero attached hydrogens (tertiary/aromatic N) is 2. The second kappa shape index (κ2) is 8.62. The van der Waals surface area contributed by atoms with Gasteiger partial charge in [0.1, 0.15) is 5.75 Å². The highest BCUT2D eigenvalue weighted by Gasteiger charge is 2.11. The van der Waals surface area contributed by atoms with E-state index in [1.807, 2.05) is 43.3 Å². The molecule has 1 N–H and O–H groups in total. The van der Waals surface area contributed by atoms with E-state index in [0.29, 0.717) is 18.7 Å². The van der Waals surface area contributed by atoms with Crippen molar-refractivity contribution < 1.29 is 9.53 Å². The molecule has 0 saturated heterocycles. The summed E-state index contributed by atoms with van der Waals surface area (Å²) in [6.45, 7) is 7.10. The zero-order valence-electron chi connectivity index (χ0n) is 16.1. The van der Waals surface area contributed by atoms with Crippen molar-refractivity contribution in [3.63, 3.8) is 0 Å². The number of amides is 1. The molecule has 5 heteroatoms. The summed E-state index contributed by atoms with van der Waals surface area (Å²) in [7, 11) is 0. The number of carbonyl (C=O) groups excluding carboxylic acids is 1. The Morgan fingerprint density at radius 2 is 1.67 bits per heavy atom. The van der Waals surface area contributed by atoms with E-state index in [0.717, 1.165) is 46.6 Å². The average molecular weight is 363 g/mol. The Labute approximate surface area is 159 Å². The fourth-order valence-electron chi connectivity index (χ4n) is 3.06. The Morgan fingerprint density at radius 1 is 0.963 bits per heavy atom. The summed E-state index contributed by atoms with van der Waals surface area (Å²) in [4.78, 5) is 22.0. The fourth-order valence-corrected chi connectivity index (χ4v) is 3.06. The average Bonchev–Trinajstić information content (AvgIpc) is 2.71. The van der Waals surface area contributed by atoms with E-state index in [9.17, 15) is 4.79 Å². The largest absolute Gasteiger partial charge is 0.494 e. The monoisotopic (exact) mass is 363 g/mol. The summed E-state index contributed by atoms with van der Waals surface area (Å²) in [5.41, 5.74) is 5.13. The van der Waals surface area contributed by atoms with Gasteiger partial charge in [0.25, 0.3) is 5.91 Å². The molecule has 0 saturated carbocycles. The van der Waals surface area contributed by atoms with Crippen LogP contribution in [0.2, 0.25) is 0 Å². The van der Waals surface area contributed by atoms with Gasteiger partial charge in [0.15, 0.2) is 0 Å². The molecule has 0 fully saturated rings. The maximum atomic E-state index is 12.6. The van der Waals surface area contributed by atoms with Gasteiger partial charge in [-0.15, -0.1) is 0 Å². The smallest absolute Gasteiger partial charge is 0.251 e. The molecule has 0 aliphatic carbocycles. The molecule has 0 radical (unpaired) electrons. The van der Waals surface area contributed by atoms with Gasteiger partial charge >= 0.3 is 0 Å². The van der Waals surface area contributed by atoms with Crippen LogP contribution in [0.15, 0.2) is 42.5 Å². The first-order chi connectivity index (χ1) is 13.2. The number of ether oxygens (including phenoxy) is 1. The molecular formula is C22H25N3O2. The second-order valence-corrected chi connectivity index (χ2v) is 6.25. The lowest BCUT2D eigenvalue weighted by Gasteiger charge is -2.11. The second-order valence-electron chi connectivity index (χ2n) is 6.25. The highest BCUT2D eigenvalue weighted by Crippen LogP contribution is 2.19. The van der Waals surface area contributed by atoms with Crippen LogP contribution in [0.4, 0.5) is 0 Å². The molecule has 3 rings (SSSR count). The maximum absolute atomic E-state index is 12.6. The van der Waals surface area contributed by atoms with Crippen LogP contribution in [0.5, 0.6) is 5.75 Å². The van der Waals surface area contributed by atoms with Crippen LogP contribution < -0.4 is 10.1 Å². The number of aromatic nitrogens is 2. The van der Waals surface area contributed by atoms with Gasteiger partial charge < -0.3 is 10.1 Å². The van der Waals surface area contributed by atoms with Crippen LogP contribution in [0.25, 0.3) is 11.0 Å². The highest BCUT2D eigenvalue weighted by molar-refractivity contribution is 5.97. The SMILES string of the molecule is CCOc1ccccc1CNC(=O)c1ccc2nc(CC)c(CC)nc2c1. The first-order valence-electron chi connectivity index (χ1n) is 9.44. The zero-order chi connectivity index (χ0) is 19.2. The standard InChI is InChI=1S/C22H25N3O2/c1-4-17-18(5-2)25-20-13-15(11-12-19(20)24-17)22(26)23-14-16-9-7-8-10-21(16)27-6-3/h7-13H,4-6,14H2,1-3H3,(H,23,26). The molecule has 0 aliphatic rings. The molecule has 0 unspecified atom stereocenters. The Bertz CT molecular complexity index is 953. The molecule has 1 aromatic heterocycles. The summed E-state index contributed by atoms with van der Waals surface area (Å²) < 4.78 is 5.61. The van der Waals surface area contributed by atoms with Crippen LogP contribution in [-0.4, -0.2) is 22.5 Å². The van der Waals surface area contributed by atoms with Crippen LogP contribution in [0, 0.1) is 0 Å². The molecule has 2 aromatic carbocycles. The number of benzene rings is 2. The Balaban J connectivity index is 1.80. The number of para-hydroxylation sites is 1. The highest BCUT2D eigenvalue weighted by atomic mass is 16.5. The molecule has 0 spiro atoms. The molecule has 0 aliphatic heterocycles. The minimum Gasteiger partial charge on any atom is -0.494 e. The Hall–Kier alpha value is -2.95. The van der Waals surface area contributed by atoms with Gasteiger partial charge in [0, 0.05) is 17.7 Å².